The lowest BCUT2D eigenvalue weighted by Crippen LogP contribution is -2.16. The standard InChI is InChI=1S/C15H14ClNO4S/c16-12-2-1-8(9(6-17)5-14(18)19)3-11(12)10-4-13(15(20)21)22-7-10/h1-4,7,9H,5-6,17H2,(H,18,19)(H,20,21). The van der Waals surface area contributed by atoms with Crippen LogP contribution in [0.25, 0.3) is 11.1 Å². The molecular weight excluding hydrogens is 326 g/mol. The Hall–Kier alpha value is -1.89. The summed E-state index contributed by atoms with van der Waals surface area (Å²) >= 11 is 7.30. The van der Waals surface area contributed by atoms with Crippen molar-refractivity contribution >= 4 is 34.9 Å². The van der Waals surface area contributed by atoms with E-state index in [0.717, 1.165) is 16.9 Å². The zero-order valence-electron chi connectivity index (χ0n) is 11.5. The maximum absolute atomic E-state index is 11.0. The van der Waals surface area contributed by atoms with Gasteiger partial charge >= 0.3 is 11.9 Å². The molecule has 1 aromatic heterocycles. The van der Waals surface area contributed by atoms with Gasteiger partial charge in [0.15, 0.2) is 0 Å². The van der Waals surface area contributed by atoms with Crippen molar-refractivity contribution in [2.75, 3.05) is 6.54 Å². The van der Waals surface area contributed by atoms with Gasteiger partial charge in [-0.3, -0.25) is 4.79 Å². The highest BCUT2D eigenvalue weighted by Crippen LogP contribution is 2.34. The third-order valence-electron chi connectivity index (χ3n) is 3.29. The number of halogens is 1. The molecule has 0 bridgehead atoms. The molecule has 22 heavy (non-hydrogen) atoms. The van der Waals surface area contributed by atoms with Crippen LogP contribution in [-0.2, 0) is 4.79 Å². The fourth-order valence-electron chi connectivity index (χ4n) is 2.16. The lowest BCUT2D eigenvalue weighted by atomic mass is 9.93. The molecule has 1 aromatic carbocycles. The van der Waals surface area contributed by atoms with Crippen LogP contribution in [0.3, 0.4) is 0 Å². The van der Waals surface area contributed by atoms with E-state index < -0.39 is 11.9 Å². The van der Waals surface area contributed by atoms with Crippen LogP contribution in [0.15, 0.2) is 29.6 Å². The number of benzene rings is 1. The van der Waals surface area contributed by atoms with Crippen LogP contribution in [0.4, 0.5) is 0 Å². The number of thiophene rings is 1. The number of carboxylic acid groups (broad SMARTS) is 2. The molecule has 0 aliphatic carbocycles. The normalized spacial score (nSPS) is 12.1. The van der Waals surface area contributed by atoms with Crippen molar-refractivity contribution < 1.29 is 19.8 Å². The monoisotopic (exact) mass is 339 g/mol. The average Bonchev–Trinajstić information content (AvgIpc) is 2.95. The first-order valence-electron chi connectivity index (χ1n) is 6.46. The second-order valence-corrected chi connectivity index (χ2v) is 6.09. The van der Waals surface area contributed by atoms with Crippen LogP contribution in [0.5, 0.6) is 0 Å². The Kier molecular flexibility index (Phi) is 5.18. The highest BCUT2D eigenvalue weighted by molar-refractivity contribution is 7.12. The minimum absolute atomic E-state index is 0.0679. The molecule has 4 N–H and O–H groups in total. The molecule has 1 unspecified atom stereocenters. The fourth-order valence-corrected chi connectivity index (χ4v) is 3.13. The smallest absolute Gasteiger partial charge is 0.345 e. The zero-order chi connectivity index (χ0) is 16.3. The quantitative estimate of drug-likeness (QED) is 0.749. The molecule has 1 atom stereocenters. The van der Waals surface area contributed by atoms with E-state index in [1.165, 1.54) is 0 Å². The van der Waals surface area contributed by atoms with E-state index in [2.05, 4.69) is 0 Å². The maximum atomic E-state index is 11.0. The second kappa shape index (κ2) is 6.91. The Morgan fingerprint density at radius 1 is 1.27 bits per heavy atom. The first-order chi connectivity index (χ1) is 10.4. The molecule has 0 saturated carbocycles. The molecule has 0 saturated heterocycles. The first-order valence-corrected chi connectivity index (χ1v) is 7.71. The van der Waals surface area contributed by atoms with E-state index in [0.29, 0.717) is 16.1 Å². The molecule has 2 aromatic rings. The number of nitrogens with two attached hydrogens (primary N) is 1. The van der Waals surface area contributed by atoms with Crippen LogP contribution in [0.1, 0.15) is 27.6 Å². The van der Waals surface area contributed by atoms with E-state index in [4.69, 9.17) is 27.5 Å². The highest BCUT2D eigenvalue weighted by Gasteiger charge is 2.17. The minimum Gasteiger partial charge on any atom is -0.481 e. The van der Waals surface area contributed by atoms with Gasteiger partial charge in [0, 0.05) is 16.5 Å². The average molecular weight is 340 g/mol. The summed E-state index contributed by atoms with van der Waals surface area (Å²) in [5, 5.41) is 20.1. The topological polar surface area (TPSA) is 101 Å². The zero-order valence-corrected chi connectivity index (χ0v) is 13.0. The van der Waals surface area contributed by atoms with Crippen molar-refractivity contribution in [3.8, 4) is 11.1 Å². The summed E-state index contributed by atoms with van der Waals surface area (Å²) in [6, 6.07) is 6.74. The number of hydrogen-bond donors (Lipinski definition) is 3. The molecule has 0 aliphatic heterocycles. The Bertz CT molecular complexity index is 713. The molecular formula is C15H14ClNO4S. The van der Waals surface area contributed by atoms with Gasteiger partial charge in [0.1, 0.15) is 4.88 Å². The molecule has 0 aliphatic rings. The number of aromatic carboxylic acids is 1. The van der Waals surface area contributed by atoms with Crippen LogP contribution < -0.4 is 5.73 Å². The fraction of sp³-hybridized carbons (Fsp3) is 0.200. The largest absolute Gasteiger partial charge is 0.481 e. The molecule has 7 heteroatoms. The molecule has 0 fully saturated rings. The van der Waals surface area contributed by atoms with Crippen molar-refractivity contribution in [1.82, 2.24) is 0 Å². The Labute approximate surface area is 136 Å². The van der Waals surface area contributed by atoms with Crippen molar-refractivity contribution in [2.24, 2.45) is 5.73 Å². The van der Waals surface area contributed by atoms with Gasteiger partial charge in [-0.2, -0.15) is 0 Å². The SMILES string of the molecule is NCC(CC(=O)O)c1ccc(Cl)c(-c2csc(C(=O)O)c2)c1. The number of hydrogen-bond acceptors (Lipinski definition) is 4. The third-order valence-corrected chi connectivity index (χ3v) is 4.54. The van der Waals surface area contributed by atoms with Crippen LogP contribution >= 0.6 is 22.9 Å². The van der Waals surface area contributed by atoms with Crippen LogP contribution in [0.2, 0.25) is 5.02 Å². The lowest BCUT2D eigenvalue weighted by Gasteiger charge is -2.14. The van der Waals surface area contributed by atoms with Gasteiger partial charge in [0.25, 0.3) is 0 Å². The van der Waals surface area contributed by atoms with Gasteiger partial charge < -0.3 is 15.9 Å². The number of aliphatic carboxylic acids is 1. The summed E-state index contributed by atoms with van der Waals surface area (Å²) in [6.45, 7) is 0.206. The van der Waals surface area contributed by atoms with Gasteiger partial charge in [-0.15, -0.1) is 11.3 Å². The summed E-state index contributed by atoms with van der Waals surface area (Å²) in [4.78, 5) is 22.1. The summed E-state index contributed by atoms with van der Waals surface area (Å²) < 4.78 is 0. The summed E-state index contributed by atoms with van der Waals surface area (Å²) in [7, 11) is 0. The van der Waals surface area contributed by atoms with E-state index in [1.807, 2.05) is 0 Å². The third kappa shape index (κ3) is 3.65. The molecule has 0 radical (unpaired) electrons. The first kappa shape index (κ1) is 16.5. The van der Waals surface area contributed by atoms with E-state index in [-0.39, 0.29) is 23.8 Å². The number of carboxylic acids is 2. The van der Waals surface area contributed by atoms with E-state index in [1.54, 1.807) is 29.6 Å². The van der Waals surface area contributed by atoms with Gasteiger partial charge in [0.2, 0.25) is 0 Å². The van der Waals surface area contributed by atoms with Crippen molar-refractivity contribution in [1.29, 1.82) is 0 Å². The molecule has 1 heterocycles. The molecule has 2 rings (SSSR count). The molecule has 0 spiro atoms. The Morgan fingerprint density at radius 2 is 2.00 bits per heavy atom. The minimum atomic E-state index is -0.991. The molecule has 116 valence electrons. The number of carbonyl (C=O) groups is 2. The van der Waals surface area contributed by atoms with E-state index >= 15 is 0 Å². The number of rotatable bonds is 6. The Morgan fingerprint density at radius 3 is 2.55 bits per heavy atom. The van der Waals surface area contributed by atoms with Gasteiger partial charge in [-0.25, -0.2) is 4.79 Å². The van der Waals surface area contributed by atoms with Crippen molar-refractivity contribution in [3.05, 3.63) is 45.1 Å². The Balaban J connectivity index is 2.41. The van der Waals surface area contributed by atoms with Crippen molar-refractivity contribution in [2.45, 2.75) is 12.3 Å². The molecule has 5 nitrogen and oxygen atoms in total. The highest BCUT2D eigenvalue weighted by atomic mass is 35.5. The predicted octanol–water partition coefficient (Wildman–Crippen LogP) is 3.28. The molecule has 0 amide bonds. The summed E-state index contributed by atoms with van der Waals surface area (Å²) in [5.74, 6) is -2.23. The van der Waals surface area contributed by atoms with Gasteiger partial charge in [0.05, 0.1) is 6.42 Å². The summed E-state index contributed by atoms with van der Waals surface area (Å²) in [5.41, 5.74) is 7.79. The van der Waals surface area contributed by atoms with Crippen LogP contribution in [0, 0.1) is 0 Å². The van der Waals surface area contributed by atoms with E-state index in [9.17, 15) is 9.59 Å². The lowest BCUT2D eigenvalue weighted by molar-refractivity contribution is -0.137. The maximum Gasteiger partial charge on any atom is 0.345 e. The summed E-state index contributed by atoms with van der Waals surface area (Å²) in [6.07, 6.45) is -0.0679. The predicted molar refractivity (Wildman–Crippen MR) is 85.8 cm³/mol. The van der Waals surface area contributed by atoms with Gasteiger partial charge in [-0.1, -0.05) is 17.7 Å². The second-order valence-electron chi connectivity index (χ2n) is 4.77. The van der Waals surface area contributed by atoms with Crippen LogP contribution in [-0.4, -0.2) is 28.7 Å². The van der Waals surface area contributed by atoms with Crippen molar-refractivity contribution in [3.63, 3.8) is 0 Å². The van der Waals surface area contributed by atoms with Gasteiger partial charge in [-0.05, 0) is 41.3 Å².